The van der Waals surface area contributed by atoms with Crippen molar-refractivity contribution in [3.05, 3.63) is 85.0 Å². The van der Waals surface area contributed by atoms with Crippen LogP contribution in [0.5, 0.6) is 11.5 Å². The lowest BCUT2D eigenvalue weighted by atomic mass is 10.1. The van der Waals surface area contributed by atoms with E-state index in [1.165, 1.54) is 12.1 Å². The third-order valence-corrected chi connectivity index (χ3v) is 7.38. The summed E-state index contributed by atoms with van der Waals surface area (Å²) in [6.07, 6.45) is 1.37. The zero-order valence-corrected chi connectivity index (χ0v) is 25.7. The van der Waals surface area contributed by atoms with Gasteiger partial charge < -0.3 is 14.8 Å². The lowest BCUT2D eigenvalue weighted by molar-refractivity contribution is -0.122. The fourth-order valence-electron chi connectivity index (χ4n) is 4.05. The Kier molecular flexibility index (Phi) is 9.34. The number of ether oxygens (including phenoxy) is 2. The van der Waals surface area contributed by atoms with Gasteiger partial charge in [0.1, 0.15) is 5.57 Å². The summed E-state index contributed by atoms with van der Waals surface area (Å²) in [7, 11) is 0. The van der Waals surface area contributed by atoms with Gasteiger partial charge in [-0.25, -0.2) is 9.69 Å². The number of halogens is 2. The van der Waals surface area contributed by atoms with Crippen LogP contribution in [0.3, 0.4) is 0 Å². The first kappa shape index (κ1) is 30.1. The normalized spacial score (nSPS) is 14.2. The van der Waals surface area contributed by atoms with Crippen LogP contribution in [0, 0.1) is 24.3 Å². The number of amides is 5. The van der Waals surface area contributed by atoms with Crippen molar-refractivity contribution in [1.82, 2.24) is 5.32 Å². The smallest absolute Gasteiger partial charge is 0.335 e. The maximum absolute atomic E-state index is 13.3. The molecular formula is C30H27ClIN3O6. The van der Waals surface area contributed by atoms with Gasteiger partial charge >= 0.3 is 6.03 Å². The molecule has 212 valence electrons. The zero-order chi connectivity index (χ0) is 29.8. The van der Waals surface area contributed by atoms with E-state index >= 15 is 0 Å². The highest BCUT2D eigenvalue weighted by molar-refractivity contribution is 14.1. The highest BCUT2D eigenvalue weighted by atomic mass is 127. The summed E-state index contributed by atoms with van der Waals surface area (Å²) >= 11 is 8.23. The van der Waals surface area contributed by atoms with Crippen LogP contribution < -0.4 is 25.0 Å². The van der Waals surface area contributed by atoms with Gasteiger partial charge in [-0.1, -0.05) is 29.8 Å². The fourth-order valence-corrected chi connectivity index (χ4v) is 5.00. The van der Waals surface area contributed by atoms with E-state index in [0.717, 1.165) is 21.6 Å². The Balaban J connectivity index is 1.59. The van der Waals surface area contributed by atoms with Crippen molar-refractivity contribution >= 4 is 75.4 Å². The Bertz CT molecular complexity index is 1600. The predicted molar refractivity (Wildman–Crippen MR) is 166 cm³/mol. The van der Waals surface area contributed by atoms with Gasteiger partial charge in [-0.2, -0.15) is 0 Å². The van der Waals surface area contributed by atoms with E-state index in [2.05, 4.69) is 10.6 Å². The number of carbonyl (C=O) groups is 4. The van der Waals surface area contributed by atoms with Crippen LogP contribution in [0.1, 0.15) is 29.2 Å². The minimum atomic E-state index is -0.871. The van der Waals surface area contributed by atoms with Crippen LogP contribution in [-0.4, -0.2) is 37.0 Å². The van der Waals surface area contributed by atoms with E-state index in [-0.39, 0.29) is 23.8 Å². The van der Waals surface area contributed by atoms with E-state index < -0.39 is 17.8 Å². The van der Waals surface area contributed by atoms with Crippen LogP contribution in [0.2, 0.25) is 5.02 Å². The zero-order valence-electron chi connectivity index (χ0n) is 22.8. The maximum Gasteiger partial charge on any atom is 0.335 e. The Morgan fingerprint density at radius 1 is 1.02 bits per heavy atom. The molecule has 41 heavy (non-hydrogen) atoms. The molecule has 1 aliphatic heterocycles. The first-order valence-electron chi connectivity index (χ1n) is 12.6. The van der Waals surface area contributed by atoms with Gasteiger partial charge in [0.25, 0.3) is 17.7 Å². The van der Waals surface area contributed by atoms with E-state index in [4.69, 9.17) is 21.1 Å². The van der Waals surface area contributed by atoms with Crippen molar-refractivity contribution in [3.63, 3.8) is 0 Å². The average Bonchev–Trinajstić information content (AvgIpc) is 2.90. The second-order valence-corrected chi connectivity index (χ2v) is 10.9. The Hall–Kier alpha value is -3.90. The minimum Gasteiger partial charge on any atom is -0.490 e. The van der Waals surface area contributed by atoms with Crippen LogP contribution in [0.25, 0.3) is 6.08 Å². The molecule has 0 aromatic heterocycles. The van der Waals surface area contributed by atoms with Crippen LogP contribution in [0.4, 0.5) is 16.2 Å². The van der Waals surface area contributed by atoms with E-state index in [1.54, 1.807) is 38.1 Å². The first-order valence-corrected chi connectivity index (χ1v) is 14.1. The molecule has 11 heteroatoms. The number of hydrogen-bond donors (Lipinski definition) is 2. The number of nitrogens with one attached hydrogen (secondary N) is 2. The van der Waals surface area contributed by atoms with Crippen molar-refractivity contribution in [3.8, 4) is 11.5 Å². The SMILES string of the molecule is CCOc1cc(/C=C2\C(=O)NC(=O)N(c3ccc(C)c(Cl)c3)C2=O)cc(I)c1OCC(=O)Nc1cc(C)ccc1C. The van der Waals surface area contributed by atoms with E-state index in [1.807, 2.05) is 54.6 Å². The number of hydrogen-bond acceptors (Lipinski definition) is 6. The van der Waals surface area contributed by atoms with E-state index in [0.29, 0.717) is 37.9 Å². The van der Waals surface area contributed by atoms with Crippen molar-refractivity contribution in [2.75, 3.05) is 23.4 Å². The molecule has 5 amide bonds. The Morgan fingerprint density at radius 3 is 2.46 bits per heavy atom. The summed E-state index contributed by atoms with van der Waals surface area (Å²) in [6, 6.07) is 12.9. The molecule has 4 rings (SSSR count). The number of rotatable bonds is 8. The summed E-state index contributed by atoms with van der Waals surface area (Å²) in [5.74, 6) is -1.29. The van der Waals surface area contributed by atoms with Crippen molar-refractivity contribution in [1.29, 1.82) is 0 Å². The van der Waals surface area contributed by atoms with E-state index in [9.17, 15) is 19.2 Å². The van der Waals surface area contributed by atoms with Gasteiger partial charge in [-0.3, -0.25) is 19.7 Å². The van der Waals surface area contributed by atoms with Crippen LogP contribution in [0.15, 0.2) is 54.1 Å². The highest BCUT2D eigenvalue weighted by Gasteiger charge is 2.37. The molecule has 0 bridgehead atoms. The van der Waals surface area contributed by atoms with Crippen molar-refractivity contribution < 1.29 is 28.7 Å². The number of anilines is 2. The Morgan fingerprint density at radius 2 is 1.76 bits per heavy atom. The number of benzene rings is 3. The van der Waals surface area contributed by atoms with Gasteiger partial charge in [-0.15, -0.1) is 0 Å². The molecule has 3 aromatic rings. The molecule has 0 spiro atoms. The quantitative estimate of drug-likeness (QED) is 0.172. The Labute approximate surface area is 256 Å². The monoisotopic (exact) mass is 687 g/mol. The molecule has 0 aliphatic carbocycles. The molecule has 1 fully saturated rings. The van der Waals surface area contributed by atoms with Gasteiger partial charge in [0.05, 0.1) is 15.9 Å². The first-order chi connectivity index (χ1) is 19.5. The minimum absolute atomic E-state index is 0.231. The molecule has 9 nitrogen and oxygen atoms in total. The highest BCUT2D eigenvalue weighted by Crippen LogP contribution is 2.35. The third-order valence-electron chi connectivity index (χ3n) is 6.17. The summed E-state index contributed by atoms with van der Waals surface area (Å²) in [6.45, 7) is 7.47. The average molecular weight is 688 g/mol. The second kappa shape index (κ2) is 12.7. The lowest BCUT2D eigenvalue weighted by Gasteiger charge is -2.26. The summed E-state index contributed by atoms with van der Waals surface area (Å²) in [5, 5.41) is 5.43. The van der Waals surface area contributed by atoms with Gasteiger partial charge in [0.15, 0.2) is 18.1 Å². The molecule has 0 unspecified atom stereocenters. The van der Waals surface area contributed by atoms with Gasteiger partial charge in [-0.05, 0) is 109 Å². The van der Waals surface area contributed by atoms with Crippen molar-refractivity contribution in [2.24, 2.45) is 0 Å². The van der Waals surface area contributed by atoms with Crippen molar-refractivity contribution in [2.45, 2.75) is 27.7 Å². The number of imide groups is 2. The van der Waals surface area contributed by atoms with Gasteiger partial charge in [0.2, 0.25) is 0 Å². The van der Waals surface area contributed by atoms with Crippen LogP contribution in [-0.2, 0) is 14.4 Å². The topological polar surface area (TPSA) is 114 Å². The molecule has 1 aliphatic rings. The molecule has 1 saturated heterocycles. The predicted octanol–water partition coefficient (Wildman–Crippen LogP) is 5.95. The number of urea groups is 1. The van der Waals surface area contributed by atoms with Gasteiger partial charge in [0, 0.05) is 10.7 Å². The molecule has 3 aromatic carbocycles. The van der Waals surface area contributed by atoms with Crippen LogP contribution >= 0.6 is 34.2 Å². The molecule has 2 N–H and O–H groups in total. The summed E-state index contributed by atoms with van der Waals surface area (Å²) in [5.41, 5.74) is 3.86. The summed E-state index contributed by atoms with van der Waals surface area (Å²) in [4.78, 5) is 52.0. The number of carbonyl (C=O) groups excluding carboxylic acids is 4. The second-order valence-electron chi connectivity index (χ2n) is 9.31. The molecular weight excluding hydrogens is 661 g/mol. The lowest BCUT2D eigenvalue weighted by Crippen LogP contribution is -2.54. The molecule has 1 heterocycles. The molecule has 0 radical (unpaired) electrons. The molecule has 0 saturated carbocycles. The number of aryl methyl sites for hydroxylation is 3. The molecule has 0 atom stereocenters. The standard InChI is InChI=1S/C30H27ClIN3O6/c1-5-40-25-13-19(12-23(32)27(25)41-15-26(36)33-24-10-16(2)6-7-18(24)4)11-21-28(37)34-30(39)35(29(21)38)20-9-8-17(3)22(31)14-20/h6-14H,5,15H2,1-4H3,(H,33,36)(H,34,37,39)/b21-11+. The number of barbiturate groups is 1. The summed E-state index contributed by atoms with van der Waals surface area (Å²) < 4.78 is 12.2. The fraction of sp³-hybridized carbons (Fsp3) is 0.200. The number of nitrogens with zero attached hydrogens (tertiary/aromatic N) is 1. The maximum atomic E-state index is 13.3. The largest absolute Gasteiger partial charge is 0.490 e. The third kappa shape index (κ3) is 6.88.